The Labute approximate surface area is 115 Å². The third kappa shape index (κ3) is 2.83. The van der Waals surface area contributed by atoms with Crippen molar-refractivity contribution in [3.8, 4) is 0 Å². The highest BCUT2D eigenvalue weighted by molar-refractivity contribution is 7.87. The largest absolute Gasteiger partial charge is 0.458 e. The van der Waals surface area contributed by atoms with Crippen LogP contribution >= 0.6 is 7.14 Å². The molecule has 1 aliphatic rings. The molecule has 1 atom stereocenters. The Kier molecular flexibility index (Phi) is 4.38. The van der Waals surface area contributed by atoms with Gasteiger partial charge in [0.25, 0.3) is 5.52 Å². The second kappa shape index (κ2) is 5.72. The van der Waals surface area contributed by atoms with Crippen LogP contribution in [-0.2, 0) is 9.36 Å². The Morgan fingerprint density at radius 1 is 1.05 bits per heavy atom. The fourth-order valence-corrected chi connectivity index (χ4v) is 5.85. The van der Waals surface area contributed by atoms with Crippen LogP contribution in [0, 0.1) is 0 Å². The van der Waals surface area contributed by atoms with E-state index in [9.17, 15) is 22.5 Å². The first kappa shape index (κ1) is 15.3. The van der Waals surface area contributed by atoms with Gasteiger partial charge < -0.3 is 4.57 Å². The predicted octanol–water partition coefficient (Wildman–Crippen LogP) is 4.10. The molecule has 1 aromatic rings. The summed E-state index contributed by atoms with van der Waals surface area (Å²) in [5, 5.41) is 0.0363. The van der Waals surface area contributed by atoms with Crippen LogP contribution in [0.5, 0.6) is 0 Å². The Hall–Kier alpha value is -1.09. The lowest BCUT2D eigenvalue weighted by Crippen LogP contribution is -2.33. The average molecular weight is 304 g/mol. The van der Waals surface area contributed by atoms with Crippen molar-refractivity contribution in [2.75, 3.05) is 0 Å². The minimum atomic E-state index is -5.05. The first-order valence-corrected chi connectivity index (χ1v) is 8.41. The number of hydrogen-bond donors (Lipinski definition) is 0. The van der Waals surface area contributed by atoms with Crippen molar-refractivity contribution in [2.24, 2.45) is 0 Å². The maximum atomic E-state index is 13.0. The number of rotatable bonds is 3. The molecule has 0 radical (unpaired) electrons. The van der Waals surface area contributed by atoms with Crippen LogP contribution in [0.4, 0.5) is 13.2 Å². The predicted molar refractivity (Wildman–Crippen MR) is 71.6 cm³/mol. The van der Waals surface area contributed by atoms with E-state index in [2.05, 4.69) is 0 Å². The van der Waals surface area contributed by atoms with Crippen molar-refractivity contribution in [1.82, 2.24) is 0 Å². The second-order valence-electron chi connectivity index (χ2n) is 5.09. The first-order chi connectivity index (χ1) is 9.37. The molecule has 0 saturated heterocycles. The molecule has 2 rings (SSSR count). The second-order valence-corrected chi connectivity index (χ2v) is 8.06. The van der Waals surface area contributed by atoms with Gasteiger partial charge in [0.1, 0.15) is 0 Å². The molecule has 0 spiro atoms. The zero-order valence-corrected chi connectivity index (χ0v) is 11.8. The molecule has 0 amide bonds. The average Bonchev–Trinajstić information content (AvgIpc) is 2.46. The zero-order valence-electron chi connectivity index (χ0n) is 10.9. The number of carbonyl (C=O) groups excluding carboxylic acids is 1. The molecule has 0 aliphatic heterocycles. The van der Waals surface area contributed by atoms with Gasteiger partial charge in [-0.05, 0) is 12.8 Å². The molecule has 0 aromatic heterocycles. The highest BCUT2D eigenvalue weighted by atomic mass is 31.2. The van der Waals surface area contributed by atoms with E-state index >= 15 is 0 Å². The summed E-state index contributed by atoms with van der Waals surface area (Å²) in [6.45, 7) is 0. The summed E-state index contributed by atoms with van der Waals surface area (Å²) in [6.07, 6.45) is -1.82. The van der Waals surface area contributed by atoms with E-state index in [4.69, 9.17) is 0 Å². The maximum absolute atomic E-state index is 13.0. The molecule has 110 valence electrons. The number of alkyl halides is 3. The van der Waals surface area contributed by atoms with E-state index in [1.807, 2.05) is 0 Å². The Morgan fingerprint density at radius 3 is 2.10 bits per heavy atom. The van der Waals surface area contributed by atoms with E-state index in [1.54, 1.807) is 6.07 Å². The summed E-state index contributed by atoms with van der Waals surface area (Å²) in [4.78, 5) is 11.8. The maximum Gasteiger partial charge on any atom is 0.458 e. The summed E-state index contributed by atoms with van der Waals surface area (Å²) in [6, 6.07) is 7.42. The van der Waals surface area contributed by atoms with Crippen LogP contribution in [0.1, 0.15) is 32.1 Å². The van der Waals surface area contributed by atoms with Crippen LogP contribution in [0.2, 0.25) is 0 Å². The molecule has 2 nitrogen and oxygen atoms in total. The van der Waals surface area contributed by atoms with Gasteiger partial charge in [-0.15, -0.1) is 0 Å². The van der Waals surface area contributed by atoms with E-state index in [1.165, 1.54) is 24.3 Å². The van der Waals surface area contributed by atoms with E-state index in [0.717, 1.165) is 19.3 Å². The van der Waals surface area contributed by atoms with Crippen molar-refractivity contribution in [3.63, 3.8) is 0 Å². The molecule has 20 heavy (non-hydrogen) atoms. The van der Waals surface area contributed by atoms with Gasteiger partial charge in [0, 0.05) is 11.0 Å². The van der Waals surface area contributed by atoms with Gasteiger partial charge in [-0.25, -0.2) is 0 Å². The molecular weight excluding hydrogens is 288 g/mol. The van der Waals surface area contributed by atoms with E-state index in [0.29, 0.717) is 12.8 Å². The van der Waals surface area contributed by atoms with Crippen molar-refractivity contribution < 1.29 is 22.5 Å². The molecule has 1 fully saturated rings. The smallest absolute Gasteiger partial charge is 0.310 e. The third-order valence-electron chi connectivity index (χ3n) is 3.77. The lowest BCUT2D eigenvalue weighted by Gasteiger charge is -2.30. The number of hydrogen-bond acceptors (Lipinski definition) is 2. The van der Waals surface area contributed by atoms with E-state index < -0.39 is 24.5 Å². The zero-order chi connectivity index (χ0) is 14.8. The summed E-state index contributed by atoms with van der Waals surface area (Å²) >= 11 is 0. The Balaban J connectivity index is 2.48. The van der Waals surface area contributed by atoms with Crippen LogP contribution in [0.15, 0.2) is 30.3 Å². The highest BCUT2D eigenvalue weighted by Crippen LogP contribution is 2.58. The topological polar surface area (TPSA) is 34.1 Å². The van der Waals surface area contributed by atoms with Crippen LogP contribution in [0.3, 0.4) is 0 Å². The monoisotopic (exact) mass is 304 g/mol. The van der Waals surface area contributed by atoms with Gasteiger partial charge in [0.15, 0.2) is 7.14 Å². The first-order valence-electron chi connectivity index (χ1n) is 6.64. The van der Waals surface area contributed by atoms with Crippen molar-refractivity contribution >= 4 is 18.0 Å². The highest BCUT2D eigenvalue weighted by Gasteiger charge is 2.54. The fourth-order valence-electron chi connectivity index (χ4n) is 2.78. The molecule has 0 N–H and O–H groups in total. The van der Waals surface area contributed by atoms with Gasteiger partial charge in [0.05, 0.1) is 0 Å². The molecular formula is C14H16F3O2P. The van der Waals surface area contributed by atoms with Crippen molar-refractivity contribution in [2.45, 2.75) is 43.9 Å². The van der Waals surface area contributed by atoms with E-state index in [-0.39, 0.29) is 5.30 Å². The van der Waals surface area contributed by atoms with Gasteiger partial charge in [-0.1, -0.05) is 49.6 Å². The Bertz CT molecular complexity index is 519. The van der Waals surface area contributed by atoms with Gasteiger partial charge in [0.2, 0.25) is 0 Å². The minimum Gasteiger partial charge on any atom is -0.310 e. The lowest BCUT2D eigenvalue weighted by atomic mass is 10.0. The summed E-state index contributed by atoms with van der Waals surface area (Å²) < 4.78 is 51.6. The van der Waals surface area contributed by atoms with Crippen LogP contribution < -0.4 is 5.30 Å². The standard InChI is InChI=1S/C14H16F3O2P/c15-14(16,17)13(18)20(19,11-7-3-1-4-8-11)12-9-5-2-6-10-12/h1,3-4,7-8,12H,2,5-6,9-10H2. The van der Waals surface area contributed by atoms with Gasteiger partial charge >= 0.3 is 6.18 Å². The lowest BCUT2D eigenvalue weighted by molar-refractivity contribution is -0.161. The number of carbonyl (C=O) groups is 1. The van der Waals surface area contributed by atoms with Crippen LogP contribution in [-0.4, -0.2) is 17.4 Å². The van der Waals surface area contributed by atoms with Crippen molar-refractivity contribution in [1.29, 1.82) is 0 Å². The summed E-state index contributed by atoms with van der Waals surface area (Å²) in [7, 11) is -4.12. The quantitative estimate of drug-likeness (QED) is 0.788. The normalized spacial score (nSPS) is 20.4. The minimum absolute atomic E-state index is 0.0363. The van der Waals surface area contributed by atoms with Crippen molar-refractivity contribution in [3.05, 3.63) is 30.3 Å². The molecule has 1 aromatic carbocycles. The number of halogens is 3. The van der Waals surface area contributed by atoms with Gasteiger partial charge in [-0.2, -0.15) is 13.2 Å². The molecule has 0 bridgehead atoms. The third-order valence-corrected chi connectivity index (χ3v) is 7.24. The molecule has 6 heteroatoms. The summed E-state index contributed by atoms with van der Waals surface area (Å²) in [5.74, 6) is 0. The molecule has 1 saturated carbocycles. The summed E-state index contributed by atoms with van der Waals surface area (Å²) in [5.41, 5.74) is -2.73. The molecule has 1 unspecified atom stereocenters. The fraction of sp³-hybridized carbons (Fsp3) is 0.500. The SMILES string of the molecule is O=C(C(F)(F)F)P(=O)(c1ccccc1)C1CCCCC1. The number of benzene rings is 1. The van der Waals surface area contributed by atoms with Gasteiger partial charge in [-0.3, -0.25) is 4.79 Å². The molecule has 0 heterocycles. The Morgan fingerprint density at radius 2 is 1.60 bits per heavy atom. The van der Waals surface area contributed by atoms with Crippen LogP contribution in [0.25, 0.3) is 0 Å². The molecule has 1 aliphatic carbocycles.